The molecule has 17 heteroatoms. The van der Waals surface area contributed by atoms with Crippen molar-refractivity contribution >= 4 is 35.5 Å². The number of phenols is 2. The lowest BCUT2D eigenvalue weighted by Crippen LogP contribution is -2.69. The summed E-state index contributed by atoms with van der Waals surface area (Å²) in [5.41, 5.74) is 3.94. The summed E-state index contributed by atoms with van der Waals surface area (Å²) >= 11 is 7.25. The molecule has 3 N–H and O–H groups in total. The third-order valence-corrected chi connectivity index (χ3v) is 14.1. The van der Waals surface area contributed by atoms with E-state index in [1.54, 1.807) is 19.1 Å². The number of benzene rings is 3. The smallest absolute Gasteiger partial charge is 0.504 e. The largest absolute Gasteiger partial charge is 0.515 e. The highest BCUT2D eigenvalue weighted by atomic mass is 35.5. The van der Waals surface area contributed by atoms with Crippen molar-refractivity contribution in [3.63, 3.8) is 0 Å². The van der Waals surface area contributed by atoms with Gasteiger partial charge in [-0.3, -0.25) is 15.1 Å². The normalized spacial score (nSPS) is 28.3. The molecule has 2 saturated heterocycles. The van der Waals surface area contributed by atoms with E-state index in [9.17, 15) is 25.1 Å². The lowest BCUT2D eigenvalue weighted by molar-refractivity contribution is -0.157. The number of halogens is 1. The van der Waals surface area contributed by atoms with Crippen molar-refractivity contribution in [3.05, 3.63) is 62.7 Å². The first-order valence-corrected chi connectivity index (χ1v) is 20.2. The molecule has 0 amide bonds. The molecule has 7 aliphatic rings. The van der Waals surface area contributed by atoms with Crippen LogP contribution < -0.4 is 29.0 Å². The Bertz CT molecular complexity index is 2270. The zero-order valence-electron chi connectivity index (χ0n) is 31.8. The number of methoxy groups -OCH3 is 2. The fourth-order valence-electron chi connectivity index (χ4n) is 10.2. The van der Waals surface area contributed by atoms with Crippen LogP contribution in [0.25, 0.3) is 0 Å². The van der Waals surface area contributed by atoms with Crippen LogP contribution in [0.5, 0.6) is 40.2 Å². The molecule has 1 spiro atoms. The molecule has 4 bridgehead atoms. The molecule has 3 aromatic carbocycles. The van der Waals surface area contributed by atoms with Gasteiger partial charge in [0.05, 0.1) is 37.6 Å². The first kappa shape index (κ1) is 37.8. The van der Waals surface area contributed by atoms with E-state index >= 15 is 0 Å². The topological polar surface area (TPSA) is 182 Å². The van der Waals surface area contributed by atoms with Crippen LogP contribution in [-0.2, 0) is 32.6 Å². The average molecular weight is 821 g/mol. The number of piperazine rings is 1. The van der Waals surface area contributed by atoms with Crippen molar-refractivity contribution in [2.24, 2.45) is 0 Å². The van der Waals surface area contributed by atoms with Crippen molar-refractivity contribution < 1.29 is 53.0 Å². The van der Waals surface area contributed by atoms with Gasteiger partial charge in [-0.15, -0.1) is 11.8 Å². The van der Waals surface area contributed by atoms with Crippen LogP contribution in [0.1, 0.15) is 61.8 Å². The highest BCUT2D eigenvalue weighted by Crippen LogP contribution is 2.64. The van der Waals surface area contributed by atoms with Crippen LogP contribution in [-0.4, -0.2) is 103 Å². The average Bonchev–Trinajstić information content (AvgIpc) is 3.68. The molecule has 0 aromatic heterocycles. The first-order valence-electron chi connectivity index (χ1n) is 18.6. The summed E-state index contributed by atoms with van der Waals surface area (Å²) in [5.74, 6) is 1.03. The number of ether oxygens (including phenoxy) is 7. The summed E-state index contributed by atoms with van der Waals surface area (Å²) in [6.45, 7) is 3.72. The standard InChI is InChI=1S/C40H41ClN4O11S/c1-17-8-20-9-22-23(12-42)45-24-13-52-38(48)40(21-11-26(50-4)25(46)10-19(21)6-7-43-40)14-57-37(31(45)30(44(22)3)27(20)32(47)33(17)51-5)29-28(24)36-35(54-16-55-36)18(2)34(29)56-39(49)53-15-41/h8,10-11,22-24,30-31,37,43,46-47H,6-7,9,13-16H2,1-5H3/t22-,23+,24-,30-,31?,37-,40-/m1/s1. The van der Waals surface area contributed by atoms with Crippen molar-refractivity contribution in [2.45, 2.75) is 67.7 Å². The maximum absolute atomic E-state index is 14.8. The zero-order chi connectivity index (χ0) is 40.1. The number of thioether (sulfide) groups is 1. The minimum atomic E-state index is -1.41. The number of carbonyl (C=O) groups excluding carboxylic acids is 2. The highest BCUT2D eigenvalue weighted by Gasteiger charge is 2.62. The van der Waals surface area contributed by atoms with Gasteiger partial charge in [-0.25, -0.2) is 9.59 Å². The number of phenolic OH excluding ortho intramolecular Hbond substituents is 2. The van der Waals surface area contributed by atoms with Crippen LogP contribution in [0.4, 0.5) is 4.79 Å². The van der Waals surface area contributed by atoms with Gasteiger partial charge in [-0.1, -0.05) is 17.7 Å². The summed E-state index contributed by atoms with van der Waals surface area (Å²) in [4.78, 5) is 32.3. The third kappa shape index (κ3) is 5.35. The number of alkyl halides is 1. The molecular weight excluding hydrogens is 780 g/mol. The van der Waals surface area contributed by atoms with Gasteiger partial charge in [0.1, 0.15) is 18.4 Å². The molecular formula is C40H41ClN4O11S. The molecule has 7 heterocycles. The van der Waals surface area contributed by atoms with E-state index in [4.69, 9.17) is 44.8 Å². The summed E-state index contributed by atoms with van der Waals surface area (Å²) in [6, 6.07) is 4.48. The van der Waals surface area contributed by atoms with Crippen LogP contribution in [0.3, 0.4) is 0 Å². The lowest BCUT2D eigenvalue weighted by Gasteiger charge is -2.62. The number of carbonyl (C=O) groups is 2. The second-order valence-corrected chi connectivity index (χ2v) is 16.5. The molecule has 3 aromatic rings. The summed E-state index contributed by atoms with van der Waals surface area (Å²) in [6.07, 6.45) is -0.0307. The molecule has 0 radical (unpaired) electrons. The number of esters is 1. The van der Waals surface area contributed by atoms with E-state index in [1.807, 2.05) is 20.0 Å². The SMILES string of the molecule is COc1cc2c(cc1O)CCN[C@]21CS[C@@H]2c3c(OC(=O)OCCl)c(C)c4c(c3[C@@H](COC1=O)N1C2[C@H]2c3c(cc(C)c(OC)c3O)C[C@H]([C@@H]1C#N)N2C)OCO4. The minimum absolute atomic E-state index is 0.0121. The minimum Gasteiger partial charge on any atom is -0.504 e. The van der Waals surface area contributed by atoms with Gasteiger partial charge >= 0.3 is 12.1 Å². The number of rotatable bonds is 4. The number of aromatic hydroxyl groups is 2. The number of hydrogen-bond donors (Lipinski definition) is 3. The van der Waals surface area contributed by atoms with Gasteiger partial charge in [0, 0.05) is 46.6 Å². The number of nitrogens with zero attached hydrogens (tertiary/aromatic N) is 3. The van der Waals surface area contributed by atoms with Crippen molar-refractivity contribution in [1.29, 1.82) is 5.26 Å². The van der Waals surface area contributed by atoms with E-state index in [1.165, 1.54) is 26.0 Å². The predicted octanol–water partition coefficient (Wildman–Crippen LogP) is 4.77. The van der Waals surface area contributed by atoms with E-state index in [0.717, 1.165) is 16.7 Å². The molecule has 15 nitrogen and oxygen atoms in total. The van der Waals surface area contributed by atoms with Crippen molar-refractivity contribution in [1.82, 2.24) is 15.1 Å². The van der Waals surface area contributed by atoms with Crippen LogP contribution >= 0.6 is 23.4 Å². The van der Waals surface area contributed by atoms with Crippen molar-refractivity contribution in [3.8, 4) is 46.3 Å². The Morgan fingerprint density at radius 2 is 1.88 bits per heavy atom. The molecule has 10 rings (SSSR count). The Hall–Kier alpha value is -4.79. The van der Waals surface area contributed by atoms with Gasteiger partial charge in [-0.05, 0) is 68.1 Å². The number of fused-ring (bicyclic) bond motifs is 9. The van der Waals surface area contributed by atoms with Crippen LogP contribution in [0.2, 0.25) is 0 Å². The maximum atomic E-state index is 14.8. The fraction of sp³-hybridized carbons (Fsp3) is 0.475. The second kappa shape index (κ2) is 13.9. The number of likely N-dealkylation sites (N-methyl/N-ethyl adjacent to an activating group) is 1. The first-order chi connectivity index (χ1) is 27.5. The molecule has 1 unspecified atom stereocenters. The fourth-order valence-corrected chi connectivity index (χ4v) is 12.0. The molecule has 57 heavy (non-hydrogen) atoms. The van der Waals surface area contributed by atoms with E-state index < -0.39 is 53.1 Å². The maximum Gasteiger partial charge on any atom is 0.515 e. The van der Waals surface area contributed by atoms with E-state index in [2.05, 4.69) is 21.2 Å². The number of nitrogens with one attached hydrogen (secondary N) is 1. The Labute approximate surface area is 337 Å². The van der Waals surface area contributed by atoms with Gasteiger partial charge in [0.25, 0.3) is 0 Å². The number of hydrogen-bond acceptors (Lipinski definition) is 16. The Morgan fingerprint density at radius 1 is 1.09 bits per heavy atom. The van der Waals surface area contributed by atoms with Crippen molar-refractivity contribution in [2.75, 3.05) is 53.0 Å². The lowest BCUT2D eigenvalue weighted by atomic mass is 9.71. The molecule has 2 fully saturated rings. The molecule has 7 aliphatic heterocycles. The van der Waals surface area contributed by atoms with Crippen LogP contribution in [0, 0.1) is 25.2 Å². The Balaban J connectivity index is 1.33. The monoisotopic (exact) mass is 820 g/mol. The van der Waals surface area contributed by atoms with Gasteiger partial charge in [0.2, 0.25) is 6.79 Å². The zero-order valence-corrected chi connectivity index (χ0v) is 33.4. The second-order valence-electron chi connectivity index (χ2n) is 15.1. The molecule has 0 saturated carbocycles. The van der Waals surface area contributed by atoms with Crippen LogP contribution in [0.15, 0.2) is 18.2 Å². The Kier molecular flexibility index (Phi) is 9.24. The van der Waals surface area contributed by atoms with E-state index in [-0.39, 0.29) is 48.2 Å². The third-order valence-electron chi connectivity index (χ3n) is 12.5. The quantitative estimate of drug-likeness (QED) is 0.186. The highest BCUT2D eigenvalue weighted by molar-refractivity contribution is 7.99. The summed E-state index contributed by atoms with van der Waals surface area (Å²) in [5, 5.41) is 36.8. The molecule has 300 valence electrons. The van der Waals surface area contributed by atoms with E-state index in [0.29, 0.717) is 64.5 Å². The Morgan fingerprint density at radius 3 is 2.61 bits per heavy atom. The number of aryl methyl sites for hydroxylation is 1. The molecule has 7 atom stereocenters. The summed E-state index contributed by atoms with van der Waals surface area (Å²) < 4.78 is 41.1. The van der Waals surface area contributed by atoms with Gasteiger partial charge in [0.15, 0.2) is 46.1 Å². The molecule has 0 aliphatic carbocycles. The van der Waals surface area contributed by atoms with Gasteiger partial charge < -0.3 is 43.4 Å². The predicted molar refractivity (Wildman–Crippen MR) is 204 cm³/mol. The van der Waals surface area contributed by atoms with Gasteiger partial charge in [-0.2, -0.15) is 5.26 Å². The summed E-state index contributed by atoms with van der Waals surface area (Å²) in [7, 11) is 4.93. The number of nitriles is 1.